The molecule has 0 heterocycles. The predicted molar refractivity (Wildman–Crippen MR) is 156 cm³/mol. The van der Waals surface area contributed by atoms with Crippen LogP contribution in [0, 0.1) is 13.8 Å². The molecule has 0 radical (unpaired) electrons. The first-order valence-electron chi connectivity index (χ1n) is 13.4. The predicted octanol–water partition coefficient (Wildman–Crippen LogP) is 4.87. The summed E-state index contributed by atoms with van der Waals surface area (Å²) in [5, 5.41) is 2.91. The quantitative estimate of drug-likeness (QED) is 0.308. The normalized spacial score (nSPS) is 12.0. The highest BCUT2D eigenvalue weighted by atomic mass is 32.2. The SMILES string of the molecule is CCCCNC(=O)[C@@H](C)N(CCc1ccccc1)C(=O)CN(c1ccc(C)c(C)c1)S(=O)(=O)c1ccccc1. The monoisotopic (exact) mass is 549 g/mol. The number of unbranched alkanes of at least 4 members (excludes halogenated alkanes) is 1. The van der Waals surface area contributed by atoms with E-state index in [0.717, 1.165) is 33.8 Å². The smallest absolute Gasteiger partial charge is 0.264 e. The van der Waals surface area contributed by atoms with Gasteiger partial charge in [-0.1, -0.05) is 67.9 Å². The molecule has 8 heteroatoms. The standard InChI is InChI=1S/C31H39N3O4S/c1-5-6-20-32-31(36)26(4)33(21-19-27-13-9-7-10-14-27)30(35)23-34(28-18-17-24(2)25(3)22-28)39(37,38)29-15-11-8-12-16-29/h7-18,22,26H,5-6,19-21,23H2,1-4H3,(H,32,36)/t26-/m1/s1. The average molecular weight is 550 g/mol. The van der Waals surface area contributed by atoms with Crippen molar-refractivity contribution >= 4 is 27.5 Å². The third-order valence-electron chi connectivity index (χ3n) is 6.87. The molecule has 0 unspecified atom stereocenters. The zero-order chi connectivity index (χ0) is 28.4. The minimum Gasteiger partial charge on any atom is -0.354 e. The van der Waals surface area contributed by atoms with E-state index in [9.17, 15) is 18.0 Å². The van der Waals surface area contributed by atoms with Gasteiger partial charge in [0.1, 0.15) is 12.6 Å². The van der Waals surface area contributed by atoms with Crippen LogP contribution in [-0.2, 0) is 26.0 Å². The van der Waals surface area contributed by atoms with Crippen LogP contribution >= 0.6 is 0 Å². The molecular weight excluding hydrogens is 510 g/mol. The fourth-order valence-corrected chi connectivity index (χ4v) is 5.66. The Morgan fingerprint density at radius 1 is 0.897 bits per heavy atom. The van der Waals surface area contributed by atoms with Crippen LogP contribution in [0.2, 0.25) is 0 Å². The van der Waals surface area contributed by atoms with Crippen molar-refractivity contribution in [3.63, 3.8) is 0 Å². The Morgan fingerprint density at radius 2 is 1.54 bits per heavy atom. The van der Waals surface area contributed by atoms with Gasteiger partial charge in [0, 0.05) is 13.1 Å². The third-order valence-corrected chi connectivity index (χ3v) is 8.66. The Balaban J connectivity index is 1.96. The van der Waals surface area contributed by atoms with Gasteiger partial charge >= 0.3 is 0 Å². The maximum Gasteiger partial charge on any atom is 0.264 e. The largest absolute Gasteiger partial charge is 0.354 e. The van der Waals surface area contributed by atoms with Crippen LogP contribution in [0.3, 0.4) is 0 Å². The summed E-state index contributed by atoms with van der Waals surface area (Å²) in [6.45, 7) is 7.96. The van der Waals surface area contributed by atoms with Crippen molar-refractivity contribution in [3.8, 4) is 0 Å². The number of carbonyl (C=O) groups is 2. The first kappa shape index (κ1) is 29.9. The van der Waals surface area contributed by atoms with Crippen LogP contribution in [-0.4, -0.2) is 50.8 Å². The van der Waals surface area contributed by atoms with Gasteiger partial charge in [-0.25, -0.2) is 8.42 Å². The number of carbonyl (C=O) groups excluding carboxylic acids is 2. The summed E-state index contributed by atoms with van der Waals surface area (Å²) in [5.74, 6) is -0.699. The lowest BCUT2D eigenvalue weighted by Gasteiger charge is -2.32. The molecule has 0 aliphatic rings. The molecule has 0 aliphatic carbocycles. The summed E-state index contributed by atoms with van der Waals surface area (Å²) in [7, 11) is -4.06. The van der Waals surface area contributed by atoms with Crippen LogP contribution in [0.1, 0.15) is 43.4 Å². The number of benzene rings is 3. The molecule has 0 aliphatic heterocycles. The number of hydrogen-bond donors (Lipinski definition) is 1. The van der Waals surface area contributed by atoms with Crippen LogP contribution in [0.4, 0.5) is 5.69 Å². The van der Waals surface area contributed by atoms with E-state index < -0.39 is 28.5 Å². The third kappa shape index (κ3) is 7.93. The van der Waals surface area contributed by atoms with Gasteiger partial charge in [-0.05, 0) is 74.6 Å². The van der Waals surface area contributed by atoms with Gasteiger partial charge in [0.25, 0.3) is 10.0 Å². The molecule has 39 heavy (non-hydrogen) atoms. The molecule has 0 spiro atoms. The molecule has 0 bridgehead atoms. The van der Waals surface area contributed by atoms with Crippen molar-refractivity contribution in [2.24, 2.45) is 0 Å². The number of nitrogens with one attached hydrogen (secondary N) is 1. The molecule has 3 aromatic rings. The van der Waals surface area contributed by atoms with Crippen molar-refractivity contribution in [2.45, 2.75) is 57.9 Å². The van der Waals surface area contributed by atoms with E-state index in [-0.39, 0.29) is 17.3 Å². The Morgan fingerprint density at radius 3 is 2.15 bits per heavy atom. The number of anilines is 1. The summed E-state index contributed by atoms with van der Waals surface area (Å²) < 4.78 is 28.8. The number of hydrogen-bond acceptors (Lipinski definition) is 4. The van der Waals surface area contributed by atoms with E-state index in [1.165, 1.54) is 17.0 Å². The fraction of sp³-hybridized carbons (Fsp3) is 0.355. The maximum atomic E-state index is 13.9. The van der Waals surface area contributed by atoms with E-state index in [4.69, 9.17) is 0 Å². The lowest BCUT2D eigenvalue weighted by molar-refractivity contribution is -0.138. The Labute approximate surface area is 232 Å². The van der Waals surface area contributed by atoms with Crippen molar-refractivity contribution < 1.29 is 18.0 Å². The molecule has 1 N–H and O–H groups in total. The zero-order valence-electron chi connectivity index (χ0n) is 23.3. The first-order chi connectivity index (χ1) is 18.6. The highest BCUT2D eigenvalue weighted by Crippen LogP contribution is 2.26. The van der Waals surface area contributed by atoms with E-state index in [1.54, 1.807) is 37.3 Å². The molecule has 0 fully saturated rings. The second kappa shape index (κ2) is 13.9. The molecule has 2 amide bonds. The topological polar surface area (TPSA) is 86.8 Å². The summed E-state index contributed by atoms with van der Waals surface area (Å²) in [6, 6.07) is 22.4. The van der Waals surface area contributed by atoms with Gasteiger partial charge in [-0.2, -0.15) is 0 Å². The summed E-state index contributed by atoms with van der Waals surface area (Å²) in [5.41, 5.74) is 3.36. The molecule has 208 valence electrons. The number of nitrogens with zero attached hydrogens (tertiary/aromatic N) is 2. The minimum atomic E-state index is -4.06. The Hall–Kier alpha value is -3.65. The summed E-state index contributed by atoms with van der Waals surface area (Å²) in [4.78, 5) is 28.5. The van der Waals surface area contributed by atoms with Gasteiger partial charge < -0.3 is 10.2 Å². The summed E-state index contributed by atoms with van der Waals surface area (Å²) >= 11 is 0. The van der Waals surface area contributed by atoms with Gasteiger partial charge in [0.15, 0.2) is 0 Å². The molecule has 3 rings (SSSR count). The average Bonchev–Trinajstić information content (AvgIpc) is 2.94. The van der Waals surface area contributed by atoms with Crippen molar-refractivity contribution in [3.05, 3.63) is 95.6 Å². The lowest BCUT2D eigenvalue weighted by Crippen LogP contribution is -2.52. The van der Waals surface area contributed by atoms with Crippen LogP contribution in [0.5, 0.6) is 0 Å². The minimum absolute atomic E-state index is 0.0946. The van der Waals surface area contributed by atoms with Gasteiger partial charge in [-0.3, -0.25) is 13.9 Å². The highest BCUT2D eigenvalue weighted by molar-refractivity contribution is 7.92. The molecule has 7 nitrogen and oxygen atoms in total. The Bertz CT molecular complexity index is 1340. The van der Waals surface area contributed by atoms with E-state index in [0.29, 0.717) is 18.7 Å². The van der Waals surface area contributed by atoms with Crippen molar-refractivity contribution in [2.75, 3.05) is 23.9 Å². The van der Waals surface area contributed by atoms with Gasteiger partial charge in [0.2, 0.25) is 11.8 Å². The van der Waals surface area contributed by atoms with Crippen molar-refractivity contribution in [1.29, 1.82) is 0 Å². The maximum absolute atomic E-state index is 13.9. The Kier molecular flexibility index (Phi) is 10.7. The molecule has 1 atom stereocenters. The second-order valence-electron chi connectivity index (χ2n) is 9.74. The highest BCUT2D eigenvalue weighted by Gasteiger charge is 2.32. The number of sulfonamides is 1. The number of amides is 2. The number of rotatable bonds is 13. The molecule has 0 aromatic heterocycles. The van der Waals surface area contributed by atoms with Crippen molar-refractivity contribution in [1.82, 2.24) is 10.2 Å². The van der Waals surface area contributed by atoms with Crippen LogP contribution in [0.25, 0.3) is 0 Å². The van der Waals surface area contributed by atoms with E-state index >= 15 is 0 Å². The van der Waals surface area contributed by atoms with Crippen LogP contribution in [0.15, 0.2) is 83.8 Å². The summed E-state index contributed by atoms with van der Waals surface area (Å²) in [6.07, 6.45) is 2.31. The van der Waals surface area contributed by atoms with E-state index in [1.807, 2.05) is 57.2 Å². The lowest BCUT2D eigenvalue weighted by atomic mass is 10.1. The van der Waals surface area contributed by atoms with E-state index in [2.05, 4.69) is 5.32 Å². The van der Waals surface area contributed by atoms with Crippen LogP contribution < -0.4 is 9.62 Å². The molecule has 0 saturated carbocycles. The first-order valence-corrected chi connectivity index (χ1v) is 14.8. The fourth-order valence-electron chi connectivity index (χ4n) is 4.24. The second-order valence-corrected chi connectivity index (χ2v) is 11.6. The number of aryl methyl sites for hydroxylation is 2. The molecule has 0 saturated heterocycles. The zero-order valence-corrected chi connectivity index (χ0v) is 24.1. The van der Waals surface area contributed by atoms with Gasteiger partial charge in [0.05, 0.1) is 10.6 Å². The molecule has 3 aromatic carbocycles. The molecular formula is C31H39N3O4S. The van der Waals surface area contributed by atoms with Gasteiger partial charge in [-0.15, -0.1) is 0 Å².